The van der Waals surface area contributed by atoms with Crippen LogP contribution in [0, 0.1) is 0 Å². The molecule has 0 radical (unpaired) electrons. The van der Waals surface area contributed by atoms with E-state index in [-0.39, 0.29) is 11.9 Å². The van der Waals surface area contributed by atoms with Crippen LogP contribution in [-0.4, -0.2) is 47.0 Å². The lowest BCUT2D eigenvalue weighted by Gasteiger charge is -2.30. The maximum Gasteiger partial charge on any atom is 0.256 e. The zero-order valence-electron chi connectivity index (χ0n) is 14.5. The lowest BCUT2D eigenvalue weighted by Crippen LogP contribution is -2.42. The predicted molar refractivity (Wildman–Crippen MR) is 103 cm³/mol. The van der Waals surface area contributed by atoms with E-state index in [2.05, 4.69) is 9.97 Å². The van der Waals surface area contributed by atoms with Crippen LogP contribution in [0.1, 0.15) is 23.2 Å². The minimum Gasteiger partial charge on any atom is -0.497 e. The number of fused-ring (bicyclic) bond motifs is 1. The van der Waals surface area contributed by atoms with E-state index in [4.69, 9.17) is 10.5 Å². The third-order valence-electron chi connectivity index (χ3n) is 4.67. The van der Waals surface area contributed by atoms with Gasteiger partial charge in [-0.25, -0.2) is 9.97 Å². The summed E-state index contributed by atoms with van der Waals surface area (Å²) < 4.78 is 6.41. The highest BCUT2D eigenvalue weighted by Crippen LogP contribution is 2.33. The SMILES string of the molecule is COc1ccc2sc(-c3ncc(C(=O)N4CCC(N)CC4)cn3)cc2c1. The minimum absolute atomic E-state index is 0.0236. The maximum absolute atomic E-state index is 12.6. The third-order valence-corrected chi connectivity index (χ3v) is 5.78. The smallest absolute Gasteiger partial charge is 0.256 e. The van der Waals surface area contributed by atoms with Crippen molar-refractivity contribution in [3.63, 3.8) is 0 Å². The molecular formula is C19H20N4O2S. The number of nitrogens with two attached hydrogens (primary N) is 1. The average molecular weight is 368 g/mol. The van der Waals surface area contributed by atoms with Gasteiger partial charge in [0, 0.05) is 36.2 Å². The molecule has 1 fully saturated rings. The largest absolute Gasteiger partial charge is 0.497 e. The molecule has 1 amide bonds. The van der Waals surface area contributed by atoms with Crippen molar-refractivity contribution in [1.29, 1.82) is 0 Å². The lowest BCUT2D eigenvalue weighted by atomic mass is 10.1. The molecule has 3 aromatic rings. The molecule has 3 heterocycles. The monoisotopic (exact) mass is 368 g/mol. The molecule has 134 valence electrons. The number of amides is 1. The van der Waals surface area contributed by atoms with Crippen LogP contribution in [0.3, 0.4) is 0 Å². The summed E-state index contributed by atoms with van der Waals surface area (Å²) in [6.07, 6.45) is 4.92. The number of aromatic nitrogens is 2. The zero-order valence-corrected chi connectivity index (χ0v) is 15.3. The lowest BCUT2D eigenvalue weighted by molar-refractivity contribution is 0.0714. The van der Waals surface area contributed by atoms with Gasteiger partial charge in [0.2, 0.25) is 0 Å². The number of carbonyl (C=O) groups is 1. The van der Waals surface area contributed by atoms with E-state index >= 15 is 0 Å². The van der Waals surface area contributed by atoms with E-state index in [9.17, 15) is 4.79 Å². The number of nitrogens with zero attached hydrogens (tertiary/aromatic N) is 3. The molecule has 0 aliphatic carbocycles. The number of carbonyl (C=O) groups excluding carboxylic acids is 1. The molecular weight excluding hydrogens is 348 g/mol. The van der Waals surface area contributed by atoms with Gasteiger partial charge >= 0.3 is 0 Å². The van der Waals surface area contributed by atoms with Crippen LogP contribution >= 0.6 is 11.3 Å². The molecule has 1 saturated heterocycles. The van der Waals surface area contributed by atoms with Gasteiger partial charge < -0.3 is 15.4 Å². The van der Waals surface area contributed by atoms with E-state index in [1.165, 1.54) is 0 Å². The van der Waals surface area contributed by atoms with Crippen molar-refractivity contribution in [3.05, 3.63) is 42.2 Å². The second-order valence-corrected chi connectivity index (χ2v) is 7.52. The highest BCUT2D eigenvalue weighted by atomic mass is 32.1. The van der Waals surface area contributed by atoms with Gasteiger partial charge in [0.1, 0.15) is 5.75 Å². The second kappa shape index (κ2) is 7.01. The Morgan fingerprint density at radius 2 is 1.96 bits per heavy atom. The number of hydrogen-bond acceptors (Lipinski definition) is 6. The number of rotatable bonds is 3. The summed E-state index contributed by atoms with van der Waals surface area (Å²) >= 11 is 1.62. The Morgan fingerprint density at radius 3 is 2.65 bits per heavy atom. The summed E-state index contributed by atoms with van der Waals surface area (Å²) in [5.41, 5.74) is 6.42. The highest BCUT2D eigenvalue weighted by molar-refractivity contribution is 7.22. The van der Waals surface area contributed by atoms with Gasteiger partial charge in [0.25, 0.3) is 5.91 Å². The first kappa shape index (κ1) is 16.9. The molecule has 6 nitrogen and oxygen atoms in total. The van der Waals surface area contributed by atoms with E-state index < -0.39 is 0 Å². The number of piperidine rings is 1. The van der Waals surface area contributed by atoms with Crippen LogP contribution < -0.4 is 10.5 Å². The van der Waals surface area contributed by atoms with Gasteiger partial charge in [0.15, 0.2) is 5.82 Å². The van der Waals surface area contributed by atoms with Crippen molar-refractivity contribution in [2.24, 2.45) is 5.73 Å². The van der Waals surface area contributed by atoms with Crippen LogP contribution in [0.5, 0.6) is 5.75 Å². The number of methoxy groups -OCH3 is 1. The molecule has 26 heavy (non-hydrogen) atoms. The number of thiophene rings is 1. The van der Waals surface area contributed by atoms with Crippen molar-refractivity contribution in [1.82, 2.24) is 14.9 Å². The normalized spacial score (nSPS) is 15.4. The summed E-state index contributed by atoms with van der Waals surface area (Å²) in [4.78, 5) is 24.2. The van der Waals surface area contributed by atoms with E-state index in [0.29, 0.717) is 24.5 Å². The fraction of sp³-hybridized carbons (Fsp3) is 0.316. The van der Waals surface area contributed by atoms with Crippen molar-refractivity contribution < 1.29 is 9.53 Å². The van der Waals surface area contributed by atoms with E-state index in [0.717, 1.165) is 33.6 Å². The van der Waals surface area contributed by atoms with E-state index in [1.54, 1.807) is 30.8 Å². The van der Waals surface area contributed by atoms with Crippen molar-refractivity contribution in [2.75, 3.05) is 20.2 Å². The Balaban J connectivity index is 1.55. The van der Waals surface area contributed by atoms with Crippen LogP contribution in [-0.2, 0) is 0 Å². The highest BCUT2D eigenvalue weighted by Gasteiger charge is 2.22. The summed E-state index contributed by atoms with van der Waals surface area (Å²) in [5, 5.41) is 1.10. The molecule has 0 bridgehead atoms. The van der Waals surface area contributed by atoms with Crippen molar-refractivity contribution >= 4 is 27.3 Å². The molecule has 1 aromatic carbocycles. The first-order chi connectivity index (χ1) is 12.6. The van der Waals surface area contributed by atoms with Crippen LogP contribution in [0.2, 0.25) is 0 Å². The molecule has 1 aliphatic rings. The molecule has 0 unspecified atom stereocenters. The molecule has 2 aromatic heterocycles. The van der Waals surface area contributed by atoms with Gasteiger partial charge in [0.05, 0.1) is 17.6 Å². The third kappa shape index (κ3) is 3.27. The zero-order chi connectivity index (χ0) is 18.1. The molecule has 0 spiro atoms. The quantitative estimate of drug-likeness (QED) is 0.769. The van der Waals surface area contributed by atoms with Gasteiger partial charge in [-0.3, -0.25) is 4.79 Å². The number of likely N-dealkylation sites (tertiary alicyclic amines) is 1. The standard InChI is InChI=1S/C19H20N4O2S/c1-25-15-2-3-16-12(8-15)9-17(26-16)18-21-10-13(11-22-18)19(24)23-6-4-14(20)5-7-23/h2-3,8-11,14H,4-7,20H2,1H3. The fourth-order valence-corrected chi connectivity index (χ4v) is 4.10. The molecule has 4 rings (SSSR count). The summed E-state index contributed by atoms with van der Waals surface area (Å²) in [7, 11) is 1.66. The number of hydrogen-bond donors (Lipinski definition) is 1. The first-order valence-electron chi connectivity index (χ1n) is 8.59. The minimum atomic E-state index is -0.0236. The second-order valence-electron chi connectivity index (χ2n) is 6.44. The summed E-state index contributed by atoms with van der Waals surface area (Å²) in [6, 6.07) is 8.21. The molecule has 1 aliphatic heterocycles. The van der Waals surface area contributed by atoms with Gasteiger partial charge in [-0.1, -0.05) is 0 Å². The first-order valence-corrected chi connectivity index (χ1v) is 9.40. The summed E-state index contributed by atoms with van der Waals surface area (Å²) in [6.45, 7) is 1.39. The van der Waals surface area contributed by atoms with Crippen LogP contribution in [0.25, 0.3) is 20.8 Å². The average Bonchev–Trinajstić information content (AvgIpc) is 3.11. The Morgan fingerprint density at radius 1 is 1.23 bits per heavy atom. The molecule has 0 saturated carbocycles. The maximum atomic E-state index is 12.6. The molecule has 7 heteroatoms. The van der Waals surface area contributed by atoms with Crippen LogP contribution in [0.4, 0.5) is 0 Å². The van der Waals surface area contributed by atoms with Crippen molar-refractivity contribution in [2.45, 2.75) is 18.9 Å². The number of benzene rings is 1. The Bertz CT molecular complexity index is 930. The van der Waals surface area contributed by atoms with Gasteiger partial charge in [-0.2, -0.15) is 0 Å². The Kier molecular flexibility index (Phi) is 4.57. The van der Waals surface area contributed by atoms with Crippen molar-refractivity contribution in [3.8, 4) is 16.5 Å². The topological polar surface area (TPSA) is 81.3 Å². The van der Waals surface area contributed by atoms with E-state index in [1.807, 2.05) is 29.2 Å². The number of ether oxygens (including phenoxy) is 1. The summed E-state index contributed by atoms with van der Waals surface area (Å²) in [5.74, 6) is 1.43. The van der Waals surface area contributed by atoms with Gasteiger partial charge in [-0.15, -0.1) is 11.3 Å². The van der Waals surface area contributed by atoms with Crippen LogP contribution in [0.15, 0.2) is 36.7 Å². The molecule has 0 atom stereocenters. The predicted octanol–water partition coefficient (Wildman–Crippen LogP) is 2.93. The van der Waals surface area contributed by atoms with Gasteiger partial charge in [-0.05, 0) is 42.5 Å². The fourth-order valence-electron chi connectivity index (χ4n) is 3.11. The molecule has 2 N–H and O–H groups in total. The Labute approximate surface area is 155 Å². The Hall–Kier alpha value is -2.51.